The summed E-state index contributed by atoms with van der Waals surface area (Å²) in [6.45, 7) is 0. The largest absolute Gasteiger partial charge is 0.636 e. The van der Waals surface area contributed by atoms with Gasteiger partial charge < -0.3 is 9.31 Å². The first-order chi connectivity index (χ1) is 25.3. The van der Waals surface area contributed by atoms with Crippen LogP contribution in [0.3, 0.4) is 0 Å². The first kappa shape index (κ1) is 36.6. The smallest absolute Gasteiger partial charge is 0.519 e. The highest BCUT2D eigenvalue weighted by atomic mass is 19.2. The summed E-state index contributed by atoms with van der Waals surface area (Å²) in [5.74, 6) is -53.2. The van der Waals surface area contributed by atoms with Crippen LogP contribution in [0.5, 0.6) is 11.5 Å². The topological polar surface area (TPSA) is 18.5 Å². The predicted octanol–water partition coefficient (Wildman–Crippen LogP) is 9.92. The van der Waals surface area contributed by atoms with E-state index in [1.807, 2.05) is 0 Å². The Morgan fingerprint density at radius 1 is 0.370 bits per heavy atom. The minimum absolute atomic E-state index is 0.271. The van der Waals surface area contributed by atoms with Crippen LogP contribution in [-0.2, 0) is 6.42 Å². The van der Waals surface area contributed by atoms with Gasteiger partial charge in [-0.25, -0.2) is 65.9 Å². The number of fused-ring (bicyclic) bond motifs is 5. The van der Waals surface area contributed by atoms with Crippen LogP contribution in [0.25, 0.3) is 32.7 Å². The van der Waals surface area contributed by atoms with Crippen molar-refractivity contribution in [3.05, 3.63) is 134 Å². The van der Waals surface area contributed by atoms with Crippen LogP contribution in [0, 0.1) is 105 Å². The Kier molecular flexibility index (Phi) is 8.41. The van der Waals surface area contributed by atoms with Crippen LogP contribution in [-0.4, -0.2) is 7.12 Å². The lowest BCUT2D eigenvalue weighted by molar-refractivity contribution is 0.329. The molecule has 0 aliphatic heterocycles. The van der Waals surface area contributed by atoms with E-state index < -0.39 is 173 Å². The predicted molar refractivity (Wildman–Crippen MR) is 148 cm³/mol. The third-order valence-electron chi connectivity index (χ3n) is 8.46. The monoisotopic (exact) mass is 786 g/mol. The zero-order valence-corrected chi connectivity index (χ0v) is 25.1. The molecule has 6 aromatic carbocycles. The number of hydrogen-bond donors (Lipinski definition) is 0. The molecule has 1 aliphatic rings. The highest BCUT2D eigenvalue weighted by molar-refractivity contribution is 6.66. The maximum atomic E-state index is 16.2. The molecular weight excluding hydrogens is 781 g/mol. The molecule has 54 heavy (non-hydrogen) atoms. The molecular formula is C33H5BF18O2. The van der Waals surface area contributed by atoms with Crippen LogP contribution in [0.4, 0.5) is 79.0 Å². The van der Waals surface area contributed by atoms with Crippen molar-refractivity contribution in [1.82, 2.24) is 0 Å². The van der Waals surface area contributed by atoms with Gasteiger partial charge in [0.1, 0.15) is 23.2 Å². The SMILES string of the molecule is Fc1cccc2c1-c1c(F)c(F)c(F)c(OB(Oc3c(F)c(F)c(F)c(F)c3F)c3c(F)c(F)c(F)c4c(F)c5c(F)c(F)c(F)c(F)c5c(F)c34)c1C2. The lowest BCUT2D eigenvalue weighted by Crippen LogP contribution is -2.47. The third-order valence-corrected chi connectivity index (χ3v) is 8.46. The van der Waals surface area contributed by atoms with Crippen molar-refractivity contribution in [1.29, 1.82) is 0 Å². The van der Waals surface area contributed by atoms with E-state index in [0.29, 0.717) is 6.07 Å². The highest BCUT2D eigenvalue weighted by Crippen LogP contribution is 2.47. The molecule has 0 atom stereocenters. The molecule has 0 saturated heterocycles. The van der Waals surface area contributed by atoms with Gasteiger partial charge in [-0.05, 0) is 11.6 Å². The lowest BCUT2D eigenvalue weighted by atomic mass is 9.73. The number of rotatable bonds is 5. The summed E-state index contributed by atoms with van der Waals surface area (Å²) in [5.41, 5.74) is -5.61. The van der Waals surface area contributed by atoms with Gasteiger partial charge in [-0.3, -0.25) is 0 Å². The van der Waals surface area contributed by atoms with Crippen molar-refractivity contribution >= 4 is 34.1 Å². The molecule has 0 radical (unpaired) electrons. The number of benzene rings is 6. The van der Waals surface area contributed by atoms with Gasteiger partial charge in [0.2, 0.25) is 34.9 Å². The molecule has 0 spiro atoms. The van der Waals surface area contributed by atoms with Gasteiger partial charge in [-0.1, -0.05) is 12.1 Å². The maximum Gasteiger partial charge on any atom is 0.636 e. The Hall–Kier alpha value is -5.76. The molecule has 0 aromatic heterocycles. The second-order valence-electron chi connectivity index (χ2n) is 11.3. The summed E-state index contributed by atoms with van der Waals surface area (Å²) in [6, 6.07) is 2.77. The molecule has 0 saturated carbocycles. The van der Waals surface area contributed by atoms with Gasteiger partial charge in [-0.2, -0.15) is 13.2 Å². The van der Waals surface area contributed by atoms with E-state index in [9.17, 15) is 43.9 Å². The molecule has 0 N–H and O–H groups in total. The Morgan fingerprint density at radius 3 is 1.33 bits per heavy atom. The summed E-state index contributed by atoms with van der Waals surface area (Å²) < 4.78 is 278. The van der Waals surface area contributed by atoms with Gasteiger partial charge in [0.15, 0.2) is 58.1 Å². The normalized spacial score (nSPS) is 12.2. The highest BCUT2D eigenvalue weighted by Gasteiger charge is 2.44. The fourth-order valence-corrected chi connectivity index (χ4v) is 6.09. The Bertz CT molecular complexity index is 2670. The zero-order valence-electron chi connectivity index (χ0n) is 25.1. The molecule has 0 bridgehead atoms. The summed E-state index contributed by atoms with van der Waals surface area (Å²) in [6.07, 6.45) is -0.884. The molecule has 7 rings (SSSR count). The second-order valence-corrected chi connectivity index (χ2v) is 11.3. The van der Waals surface area contributed by atoms with Crippen LogP contribution >= 0.6 is 0 Å². The average Bonchev–Trinajstić information content (AvgIpc) is 3.54. The minimum Gasteiger partial charge on any atom is -0.519 e. The van der Waals surface area contributed by atoms with E-state index in [1.54, 1.807) is 0 Å². The summed E-state index contributed by atoms with van der Waals surface area (Å²) in [7, 11) is -3.82. The van der Waals surface area contributed by atoms with E-state index in [4.69, 9.17) is 4.65 Å². The van der Waals surface area contributed by atoms with Crippen LogP contribution < -0.4 is 14.8 Å². The first-order valence-electron chi connectivity index (χ1n) is 14.3. The van der Waals surface area contributed by atoms with Crippen LogP contribution in [0.2, 0.25) is 0 Å². The molecule has 0 amide bonds. The Labute approximate surface area is 285 Å². The lowest BCUT2D eigenvalue weighted by Gasteiger charge is -2.23. The Balaban J connectivity index is 1.62. The maximum absolute atomic E-state index is 16.2. The molecule has 0 unspecified atom stereocenters. The van der Waals surface area contributed by atoms with Gasteiger partial charge in [-0.15, -0.1) is 0 Å². The van der Waals surface area contributed by atoms with Crippen molar-refractivity contribution in [3.63, 3.8) is 0 Å². The fourth-order valence-electron chi connectivity index (χ4n) is 6.09. The molecule has 0 fully saturated rings. The van der Waals surface area contributed by atoms with Crippen molar-refractivity contribution in [2.24, 2.45) is 0 Å². The number of hydrogen-bond acceptors (Lipinski definition) is 2. The average molecular weight is 786 g/mol. The second kappa shape index (κ2) is 12.4. The quantitative estimate of drug-likeness (QED) is 0.0569. The van der Waals surface area contributed by atoms with Gasteiger partial charge in [0.05, 0.1) is 21.6 Å². The van der Waals surface area contributed by atoms with Crippen LogP contribution in [0.1, 0.15) is 11.1 Å². The van der Waals surface area contributed by atoms with Gasteiger partial charge in [0.25, 0.3) is 0 Å². The fraction of sp³-hybridized carbons (Fsp3) is 0.0303. The van der Waals surface area contributed by atoms with E-state index in [0.717, 1.165) is 12.1 Å². The molecule has 6 aromatic rings. The third kappa shape index (κ3) is 4.81. The summed E-state index contributed by atoms with van der Waals surface area (Å²) in [5, 5.41) is -9.29. The standard InChI is InChI=1S/C33H5BF18O2/c35-7-3-1-2-5-4-6-9(8(5)7)17(38)25(46)29(50)32(6)53-34(54-33-30(51)27(48)26(47)28(49)31(33)52)14-10-11(18(39)22(43)21(14)42)16(37)13-12(15(10)36)19(40)23(44)24(45)20(13)41/h1-3H,4H2. The molecule has 0 heterocycles. The van der Waals surface area contributed by atoms with Crippen molar-refractivity contribution < 1.29 is 88.3 Å². The minimum atomic E-state index is -3.82. The van der Waals surface area contributed by atoms with Crippen molar-refractivity contribution in [3.8, 4) is 22.6 Å². The van der Waals surface area contributed by atoms with E-state index in [2.05, 4.69) is 4.65 Å². The van der Waals surface area contributed by atoms with E-state index in [-0.39, 0.29) is 5.56 Å². The Morgan fingerprint density at radius 2 is 0.778 bits per heavy atom. The van der Waals surface area contributed by atoms with Crippen molar-refractivity contribution in [2.75, 3.05) is 0 Å². The van der Waals surface area contributed by atoms with Crippen molar-refractivity contribution in [2.45, 2.75) is 6.42 Å². The summed E-state index contributed by atoms with van der Waals surface area (Å²) in [4.78, 5) is 0. The molecule has 278 valence electrons. The van der Waals surface area contributed by atoms with E-state index in [1.165, 1.54) is 0 Å². The van der Waals surface area contributed by atoms with Gasteiger partial charge in [0, 0.05) is 28.5 Å². The first-order valence-corrected chi connectivity index (χ1v) is 14.3. The van der Waals surface area contributed by atoms with Crippen LogP contribution in [0.15, 0.2) is 18.2 Å². The van der Waals surface area contributed by atoms with Gasteiger partial charge >= 0.3 is 7.12 Å². The number of halogens is 18. The van der Waals surface area contributed by atoms with E-state index >= 15 is 35.1 Å². The molecule has 21 heteroatoms. The summed E-state index contributed by atoms with van der Waals surface area (Å²) >= 11 is 0. The molecule has 2 nitrogen and oxygen atoms in total. The zero-order chi connectivity index (χ0) is 39.6. The molecule has 1 aliphatic carbocycles.